The number of amides is 2. The summed E-state index contributed by atoms with van der Waals surface area (Å²) in [5, 5.41) is 8.52. The smallest absolute Gasteiger partial charge is 0.262 e. The lowest BCUT2D eigenvalue weighted by molar-refractivity contribution is -0.123. The van der Waals surface area contributed by atoms with Crippen LogP contribution in [0, 0.1) is 18.7 Å². The molecule has 1 aromatic heterocycles. The van der Waals surface area contributed by atoms with E-state index in [0.29, 0.717) is 17.1 Å². The molecule has 6 nitrogen and oxygen atoms in total. The molecular weight excluding hydrogens is 526 g/mol. The first-order chi connectivity index (χ1) is 18.2. The van der Waals surface area contributed by atoms with E-state index in [1.807, 2.05) is 45.0 Å². The number of hydrogen-bond donors (Lipinski definition) is 2. The van der Waals surface area contributed by atoms with Crippen molar-refractivity contribution in [2.24, 2.45) is 11.0 Å². The Bertz CT molecular complexity index is 1510. The lowest BCUT2D eigenvalue weighted by Crippen LogP contribution is -2.48. The molecule has 3 aromatic carbocycles. The molecule has 0 aliphatic heterocycles. The monoisotopic (exact) mass is 552 g/mol. The van der Waals surface area contributed by atoms with Gasteiger partial charge in [0.05, 0.1) is 16.3 Å². The maximum Gasteiger partial charge on any atom is 0.262 e. The summed E-state index contributed by atoms with van der Waals surface area (Å²) < 4.78 is 15.5. The van der Waals surface area contributed by atoms with Crippen LogP contribution in [0.15, 0.2) is 71.8 Å². The first-order valence-electron chi connectivity index (χ1n) is 12.1. The fourth-order valence-electron chi connectivity index (χ4n) is 4.22. The maximum absolute atomic E-state index is 13.4. The third kappa shape index (κ3) is 6.06. The van der Waals surface area contributed by atoms with Crippen molar-refractivity contribution in [2.75, 3.05) is 0 Å². The van der Waals surface area contributed by atoms with Crippen LogP contribution in [0.3, 0.4) is 0 Å². The number of nitrogens with one attached hydrogen (secondary N) is 2. The number of carbonyl (C=O) groups excluding carboxylic acids is 2. The van der Waals surface area contributed by atoms with Crippen LogP contribution >= 0.6 is 23.2 Å². The molecule has 0 spiro atoms. The Morgan fingerprint density at radius 1 is 1.03 bits per heavy atom. The first-order valence-corrected chi connectivity index (χ1v) is 12.8. The molecule has 2 amide bonds. The van der Waals surface area contributed by atoms with Crippen LogP contribution in [-0.4, -0.2) is 28.6 Å². The van der Waals surface area contributed by atoms with Gasteiger partial charge in [-0.1, -0.05) is 67.4 Å². The topological polar surface area (TPSA) is 75.5 Å². The number of hydrogen-bond acceptors (Lipinski definition) is 3. The molecule has 0 bridgehead atoms. The summed E-state index contributed by atoms with van der Waals surface area (Å²) in [6, 6.07) is 18.0. The van der Waals surface area contributed by atoms with Crippen molar-refractivity contribution >= 4 is 52.1 Å². The van der Waals surface area contributed by atoms with Crippen molar-refractivity contribution in [3.05, 3.63) is 105 Å². The summed E-state index contributed by atoms with van der Waals surface area (Å²) in [6.45, 7) is 6.19. The molecule has 0 fully saturated rings. The highest BCUT2D eigenvalue weighted by molar-refractivity contribution is 6.42. The SMILES string of the molecule is Cc1c(/C=N\NC(=O)C(NC(=O)c2ccc(Cl)c(Cl)c2)C(C)C)c2ccccc2n1Cc1ccc(F)cc1. The molecule has 0 saturated carbocycles. The molecule has 4 aromatic rings. The average Bonchev–Trinajstić information content (AvgIpc) is 3.15. The number of benzene rings is 3. The summed E-state index contributed by atoms with van der Waals surface area (Å²) in [6.07, 6.45) is 1.61. The quantitative estimate of drug-likeness (QED) is 0.197. The van der Waals surface area contributed by atoms with Crippen molar-refractivity contribution in [2.45, 2.75) is 33.4 Å². The normalized spacial score (nSPS) is 12.3. The molecule has 1 heterocycles. The van der Waals surface area contributed by atoms with Crippen molar-refractivity contribution in [3.63, 3.8) is 0 Å². The van der Waals surface area contributed by atoms with Crippen LogP contribution in [0.2, 0.25) is 10.0 Å². The van der Waals surface area contributed by atoms with Crippen LogP contribution in [0.4, 0.5) is 4.39 Å². The number of nitrogens with zero attached hydrogens (tertiary/aromatic N) is 2. The molecule has 4 rings (SSSR count). The Balaban J connectivity index is 1.52. The fraction of sp³-hybridized carbons (Fsp3) is 0.207. The van der Waals surface area contributed by atoms with Gasteiger partial charge in [-0.05, 0) is 54.8 Å². The van der Waals surface area contributed by atoms with Gasteiger partial charge in [0.15, 0.2) is 0 Å². The summed E-state index contributed by atoms with van der Waals surface area (Å²) in [4.78, 5) is 25.7. The van der Waals surface area contributed by atoms with Crippen molar-refractivity contribution in [3.8, 4) is 0 Å². The zero-order chi connectivity index (χ0) is 27.4. The molecule has 1 atom stereocenters. The largest absolute Gasteiger partial charge is 0.340 e. The van der Waals surface area contributed by atoms with E-state index in [1.54, 1.807) is 24.4 Å². The second-order valence-electron chi connectivity index (χ2n) is 9.29. The highest BCUT2D eigenvalue weighted by Crippen LogP contribution is 2.26. The van der Waals surface area contributed by atoms with Crippen LogP contribution in [0.5, 0.6) is 0 Å². The minimum absolute atomic E-state index is 0.198. The Morgan fingerprint density at radius 2 is 1.74 bits per heavy atom. The Morgan fingerprint density at radius 3 is 2.42 bits per heavy atom. The van der Waals surface area contributed by atoms with Crippen LogP contribution in [0.1, 0.15) is 41.0 Å². The molecule has 38 heavy (non-hydrogen) atoms. The van der Waals surface area contributed by atoms with E-state index in [-0.39, 0.29) is 16.8 Å². The van der Waals surface area contributed by atoms with E-state index in [9.17, 15) is 14.0 Å². The van der Waals surface area contributed by atoms with Gasteiger partial charge in [-0.25, -0.2) is 9.82 Å². The Kier molecular flexibility index (Phi) is 8.49. The van der Waals surface area contributed by atoms with Gasteiger partial charge in [0.1, 0.15) is 11.9 Å². The molecule has 2 N–H and O–H groups in total. The number of fused-ring (bicyclic) bond motifs is 1. The zero-order valence-electron chi connectivity index (χ0n) is 21.1. The lowest BCUT2D eigenvalue weighted by atomic mass is 10.0. The van der Waals surface area contributed by atoms with Crippen LogP contribution < -0.4 is 10.7 Å². The molecule has 1 unspecified atom stereocenters. The molecule has 196 valence electrons. The number of carbonyl (C=O) groups is 2. The Labute approximate surface area is 230 Å². The predicted octanol–water partition coefficient (Wildman–Crippen LogP) is 6.35. The van der Waals surface area contributed by atoms with E-state index in [1.165, 1.54) is 24.3 Å². The van der Waals surface area contributed by atoms with Crippen LogP contribution in [0.25, 0.3) is 10.9 Å². The van der Waals surface area contributed by atoms with Crippen molar-refractivity contribution < 1.29 is 14.0 Å². The molecule has 0 aliphatic carbocycles. The zero-order valence-corrected chi connectivity index (χ0v) is 22.6. The third-order valence-electron chi connectivity index (χ3n) is 6.32. The fourth-order valence-corrected chi connectivity index (χ4v) is 4.52. The summed E-state index contributed by atoms with van der Waals surface area (Å²) in [7, 11) is 0. The summed E-state index contributed by atoms with van der Waals surface area (Å²) in [5.41, 5.74) is 6.62. The Hall–Kier alpha value is -3.68. The molecule has 0 radical (unpaired) electrons. The van der Waals surface area contributed by atoms with Crippen molar-refractivity contribution in [1.29, 1.82) is 0 Å². The number of rotatable bonds is 8. The van der Waals surface area contributed by atoms with Gasteiger partial charge in [0.25, 0.3) is 11.8 Å². The number of halogens is 3. The average molecular weight is 553 g/mol. The number of para-hydroxylation sites is 1. The van der Waals surface area contributed by atoms with E-state index in [4.69, 9.17) is 23.2 Å². The van der Waals surface area contributed by atoms with Gasteiger partial charge < -0.3 is 9.88 Å². The first kappa shape index (κ1) is 27.4. The summed E-state index contributed by atoms with van der Waals surface area (Å²) >= 11 is 12.0. The highest BCUT2D eigenvalue weighted by atomic mass is 35.5. The molecule has 0 saturated heterocycles. The van der Waals surface area contributed by atoms with Gasteiger partial charge in [-0.3, -0.25) is 9.59 Å². The third-order valence-corrected chi connectivity index (χ3v) is 7.06. The second-order valence-corrected chi connectivity index (χ2v) is 10.1. The molecule has 9 heteroatoms. The van der Waals surface area contributed by atoms with E-state index in [2.05, 4.69) is 20.4 Å². The van der Waals surface area contributed by atoms with Gasteiger partial charge in [0, 0.05) is 34.3 Å². The minimum atomic E-state index is -0.824. The lowest BCUT2D eigenvalue weighted by Gasteiger charge is -2.20. The second kappa shape index (κ2) is 11.8. The highest BCUT2D eigenvalue weighted by Gasteiger charge is 2.25. The number of hydrazone groups is 1. The molecular formula is C29H27Cl2FN4O2. The van der Waals surface area contributed by atoms with E-state index < -0.39 is 17.9 Å². The van der Waals surface area contributed by atoms with E-state index in [0.717, 1.165) is 27.7 Å². The van der Waals surface area contributed by atoms with Gasteiger partial charge in [-0.2, -0.15) is 5.10 Å². The summed E-state index contributed by atoms with van der Waals surface area (Å²) in [5.74, 6) is -1.37. The van der Waals surface area contributed by atoms with Gasteiger partial charge >= 0.3 is 0 Å². The minimum Gasteiger partial charge on any atom is -0.340 e. The van der Waals surface area contributed by atoms with E-state index >= 15 is 0 Å². The van der Waals surface area contributed by atoms with Gasteiger partial charge in [-0.15, -0.1) is 0 Å². The van der Waals surface area contributed by atoms with Gasteiger partial charge in [0.2, 0.25) is 0 Å². The maximum atomic E-state index is 13.4. The molecule has 0 aliphatic rings. The number of aromatic nitrogens is 1. The predicted molar refractivity (Wildman–Crippen MR) is 150 cm³/mol. The van der Waals surface area contributed by atoms with Crippen LogP contribution in [-0.2, 0) is 11.3 Å². The van der Waals surface area contributed by atoms with Crippen molar-refractivity contribution in [1.82, 2.24) is 15.3 Å². The standard InChI is InChI=1S/C29H27Cl2FN4O2/c1-17(2)27(34-28(37)20-10-13-24(30)25(31)14-20)29(38)35-33-15-23-18(3)36(26-7-5-4-6-22(23)26)16-19-8-11-21(32)12-9-19/h4-15,17,27H,16H2,1-3H3,(H,34,37)(H,35,38)/b33-15-.